The van der Waals surface area contributed by atoms with Gasteiger partial charge in [0.05, 0.1) is 29.2 Å². The lowest BCUT2D eigenvalue weighted by Gasteiger charge is -2.43. The maximum absolute atomic E-state index is 14.9. The number of fused-ring (bicyclic) bond motifs is 1. The summed E-state index contributed by atoms with van der Waals surface area (Å²) in [5, 5.41) is 9.27. The Kier molecular flexibility index (Phi) is 5.94. The van der Waals surface area contributed by atoms with Crippen LogP contribution in [0.2, 0.25) is 0 Å². The maximum Gasteiger partial charge on any atom is 0.451 e. The lowest BCUT2D eigenvalue weighted by molar-refractivity contribution is -0.149. The van der Waals surface area contributed by atoms with E-state index in [1.807, 2.05) is 0 Å². The number of nitrogens with zero attached hydrogens (tertiary/aromatic N) is 3. The molecule has 3 aromatic rings. The Balaban J connectivity index is 1.48. The number of ketones is 1. The van der Waals surface area contributed by atoms with Crippen molar-refractivity contribution in [2.75, 3.05) is 25.4 Å². The fourth-order valence-electron chi connectivity index (χ4n) is 3.21. The number of carbonyl (C=O) groups is 2. The monoisotopic (exact) mass is 485 g/mol. The van der Waals surface area contributed by atoms with Gasteiger partial charge in [-0.2, -0.15) is 13.2 Å². The van der Waals surface area contributed by atoms with Crippen LogP contribution in [0.25, 0.3) is 10.9 Å². The van der Waals surface area contributed by atoms with E-state index < -0.39 is 30.2 Å². The third-order valence-electron chi connectivity index (χ3n) is 4.86. The van der Waals surface area contributed by atoms with Crippen LogP contribution in [-0.2, 0) is 16.6 Å². The Bertz CT molecular complexity index is 1190. The van der Waals surface area contributed by atoms with Crippen molar-refractivity contribution in [3.63, 3.8) is 0 Å². The summed E-state index contributed by atoms with van der Waals surface area (Å²) >= 11 is 1.80. The molecule has 2 aromatic heterocycles. The number of carbonyl (C=O) groups excluding carboxylic acids is 2. The molecule has 0 bridgehead atoms. The highest BCUT2D eigenvalue weighted by molar-refractivity contribution is 8.00. The van der Waals surface area contributed by atoms with Crippen molar-refractivity contribution in [3.05, 3.63) is 52.0 Å². The smallest absolute Gasteiger partial charge is 0.387 e. The Morgan fingerprint density at radius 2 is 1.88 bits per heavy atom. The third kappa shape index (κ3) is 4.34. The highest BCUT2D eigenvalue weighted by Crippen LogP contribution is 2.40. The molecule has 0 aliphatic carbocycles. The summed E-state index contributed by atoms with van der Waals surface area (Å²) in [6.07, 6.45) is -4.73. The topological polar surface area (TPSA) is 83.4 Å². The van der Waals surface area contributed by atoms with Crippen molar-refractivity contribution in [2.24, 2.45) is 0 Å². The largest absolute Gasteiger partial charge is 0.451 e. The van der Waals surface area contributed by atoms with E-state index in [4.69, 9.17) is 5.11 Å². The van der Waals surface area contributed by atoms with E-state index in [1.54, 1.807) is 18.2 Å². The third-order valence-corrected chi connectivity index (χ3v) is 7.15. The van der Waals surface area contributed by atoms with Gasteiger partial charge in [0.1, 0.15) is 11.6 Å². The summed E-state index contributed by atoms with van der Waals surface area (Å²) < 4.78 is 54.4. The first-order chi connectivity index (χ1) is 15.1. The number of likely N-dealkylation sites (tertiary alicyclic amines) is 1. The van der Waals surface area contributed by atoms with Gasteiger partial charge in [0.25, 0.3) is 0 Å². The molecule has 1 saturated heterocycles. The molecule has 1 aromatic carbocycles. The summed E-state index contributed by atoms with van der Waals surface area (Å²) in [4.78, 5) is 32.9. The number of halogens is 4. The van der Waals surface area contributed by atoms with E-state index in [9.17, 15) is 27.2 Å². The number of benzene rings is 1. The summed E-state index contributed by atoms with van der Waals surface area (Å²) in [7, 11) is 0. The van der Waals surface area contributed by atoms with Crippen molar-refractivity contribution in [3.8, 4) is 0 Å². The predicted octanol–water partition coefficient (Wildman–Crippen LogP) is 3.68. The van der Waals surface area contributed by atoms with Crippen molar-refractivity contribution < 1.29 is 32.3 Å². The molecule has 1 amide bonds. The zero-order chi connectivity index (χ0) is 23.1. The molecule has 0 atom stereocenters. The number of rotatable bonds is 6. The van der Waals surface area contributed by atoms with Crippen molar-refractivity contribution in [2.45, 2.75) is 16.9 Å². The second-order valence-corrected chi connectivity index (χ2v) is 9.16. The first-order valence-electron chi connectivity index (χ1n) is 9.28. The second-order valence-electron chi connectivity index (χ2n) is 7.12. The van der Waals surface area contributed by atoms with E-state index in [1.165, 1.54) is 23.1 Å². The van der Waals surface area contributed by atoms with Gasteiger partial charge >= 0.3 is 6.18 Å². The molecule has 1 N–H and O–H groups in total. The van der Waals surface area contributed by atoms with E-state index in [-0.39, 0.29) is 44.9 Å². The number of para-hydroxylation sites is 1. The highest BCUT2D eigenvalue weighted by Gasteiger charge is 2.48. The number of aliphatic hydroxyl groups excluding tert-OH is 1. The van der Waals surface area contributed by atoms with Gasteiger partial charge in [-0.25, -0.2) is 14.4 Å². The molecule has 3 heterocycles. The molecular weight excluding hydrogens is 470 g/mol. The Labute approximate surface area is 187 Å². The van der Waals surface area contributed by atoms with Gasteiger partial charge in [-0.3, -0.25) is 9.59 Å². The highest BCUT2D eigenvalue weighted by atomic mass is 32.2. The van der Waals surface area contributed by atoms with Crippen LogP contribution < -0.4 is 0 Å². The van der Waals surface area contributed by atoms with Gasteiger partial charge < -0.3 is 10.0 Å². The minimum absolute atomic E-state index is 0.0344. The van der Waals surface area contributed by atoms with Crippen LogP contribution in [0.15, 0.2) is 41.4 Å². The number of alkyl halides is 4. The number of hydrogen-bond acceptors (Lipinski definition) is 7. The van der Waals surface area contributed by atoms with Crippen LogP contribution in [0, 0.1) is 0 Å². The van der Waals surface area contributed by atoms with Crippen molar-refractivity contribution in [1.82, 2.24) is 14.9 Å². The molecule has 0 saturated carbocycles. The van der Waals surface area contributed by atoms with Gasteiger partial charge in [0, 0.05) is 10.3 Å². The molecule has 1 aliphatic heterocycles. The predicted molar refractivity (Wildman–Crippen MR) is 110 cm³/mol. The Morgan fingerprint density at radius 1 is 1.16 bits per heavy atom. The number of hydrogen-bond donors (Lipinski definition) is 1. The van der Waals surface area contributed by atoms with E-state index in [0.717, 1.165) is 23.1 Å². The molecule has 0 spiro atoms. The first-order valence-corrected chi connectivity index (χ1v) is 11.1. The Morgan fingerprint density at radius 3 is 2.56 bits per heavy atom. The van der Waals surface area contributed by atoms with E-state index in [0.29, 0.717) is 5.39 Å². The molecular formula is C20H15F4N3O3S2. The number of thioether (sulfide) groups is 1. The molecule has 6 nitrogen and oxygen atoms in total. The first kappa shape index (κ1) is 22.6. The molecule has 32 heavy (non-hydrogen) atoms. The van der Waals surface area contributed by atoms with Gasteiger partial charge in [-0.05, 0) is 18.2 Å². The zero-order valence-electron chi connectivity index (χ0n) is 16.2. The van der Waals surface area contributed by atoms with Crippen LogP contribution in [0.4, 0.5) is 17.6 Å². The summed E-state index contributed by atoms with van der Waals surface area (Å²) in [6, 6.07) is 9.14. The summed E-state index contributed by atoms with van der Waals surface area (Å²) in [5.74, 6) is -2.42. The zero-order valence-corrected chi connectivity index (χ0v) is 17.9. The number of aliphatic hydroxyl groups is 1. The molecule has 12 heteroatoms. The fourth-order valence-corrected chi connectivity index (χ4v) is 5.21. The number of thiophene rings is 1. The summed E-state index contributed by atoms with van der Waals surface area (Å²) in [5.41, 5.74) is -1.67. The average Bonchev–Trinajstić information content (AvgIpc) is 3.24. The number of aromatic nitrogens is 2. The van der Waals surface area contributed by atoms with Crippen LogP contribution in [0.5, 0.6) is 0 Å². The second kappa shape index (κ2) is 8.41. The maximum atomic E-state index is 14.9. The van der Waals surface area contributed by atoms with E-state index in [2.05, 4.69) is 9.97 Å². The lowest BCUT2D eigenvalue weighted by Crippen LogP contribution is -2.59. The minimum atomic E-state index is -4.73. The number of Topliss-reactive ketones (excluding diaryl/α,β-unsaturated/α-hetero) is 1. The SMILES string of the molecule is O=C(CSc1nc(C(F)(F)F)nc2ccccc12)c1ccc(C2(F)CN(C(=O)CO)C2)s1. The van der Waals surface area contributed by atoms with Gasteiger partial charge in [-0.15, -0.1) is 11.3 Å². The summed E-state index contributed by atoms with van der Waals surface area (Å²) in [6.45, 7) is -1.11. The standard InChI is InChI=1S/C20H15F4N3O3S2/c21-19(9-27(10-19)16(30)7-28)15-6-5-14(32-15)13(29)8-31-17-11-3-1-2-4-12(11)25-18(26-17)20(22,23)24/h1-6,28H,7-10H2. The molecule has 0 radical (unpaired) electrons. The molecule has 1 fully saturated rings. The van der Waals surface area contributed by atoms with Gasteiger partial charge in [0.2, 0.25) is 11.7 Å². The number of amides is 1. The van der Waals surface area contributed by atoms with Crippen LogP contribution in [0.1, 0.15) is 20.4 Å². The van der Waals surface area contributed by atoms with Gasteiger partial charge in [0.15, 0.2) is 11.5 Å². The normalized spacial score (nSPS) is 15.6. The van der Waals surface area contributed by atoms with Crippen molar-refractivity contribution in [1.29, 1.82) is 0 Å². The van der Waals surface area contributed by atoms with E-state index >= 15 is 0 Å². The quantitative estimate of drug-likeness (QED) is 0.248. The molecule has 168 valence electrons. The van der Waals surface area contributed by atoms with Crippen LogP contribution in [0.3, 0.4) is 0 Å². The fraction of sp³-hybridized carbons (Fsp3) is 0.300. The molecule has 0 unspecified atom stereocenters. The van der Waals surface area contributed by atoms with Crippen LogP contribution >= 0.6 is 23.1 Å². The average molecular weight is 485 g/mol. The minimum Gasteiger partial charge on any atom is -0.387 e. The molecule has 1 aliphatic rings. The Hall–Kier alpha value is -2.57. The lowest BCUT2D eigenvalue weighted by atomic mass is 9.94. The van der Waals surface area contributed by atoms with Crippen LogP contribution in [-0.4, -0.2) is 57.1 Å². The molecule has 4 rings (SSSR count). The van der Waals surface area contributed by atoms with Crippen molar-refractivity contribution >= 4 is 45.7 Å². The van der Waals surface area contributed by atoms with Gasteiger partial charge in [-0.1, -0.05) is 30.0 Å².